The van der Waals surface area contributed by atoms with Gasteiger partial charge in [-0.3, -0.25) is 4.79 Å². The van der Waals surface area contributed by atoms with Crippen molar-refractivity contribution in [1.29, 1.82) is 0 Å². The van der Waals surface area contributed by atoms with Crippen LogP contribution in [0.4, 0.5) is 0 Å². The van der Waals surface area contributed by atoms with Crippen LogP contribution in [0.2, 0.25) is 0 Å². The molecule has 1 atom stereocenters. The van der Waals surface area contributed by atoms with Gasteiger partial charge in [0.05, 0.1) is 10.9 Å². The van der Waals surface area contributed by atoms with E-state index < -0.39 is 5.97 Å². The van der Waals surface area contributed by atoms with Gasteiger partial charge in [-0.1, -0.05) is 0 Å². The van der Waals surface area contributed by atoms with E-state index in [4.69, 9.17) is 14.6 Å². The molecule has 1 N–H and O–H groups in total. The Labute approximate surface area is 119 Å². The fourth-order valence-corrected chi connectivity index (χ4v) is 3.70. The molecule has 0 aromatic heterocycles. The van der Waals surface area contributed by atoms with E-state index in [0.717, 1.165) is 34.2 Å². The summed E-state index contributed by atoms with van der Waals surface area (Å²) in [6, 6.07) is 1.94. The Hall–Kier alpha value is -1.23. The SMILES string of the molecule is Cc1cc2c(c(Br)c1C(CC(=O)O)C1CC1)OCO2. The van der Waals surface area contributed by atoms with Crippen LogP contribution in [0.15, 0.2) is 10.5 Å². The minimum absolute atomic E-state index is 0.0568. The maximum absolute atomic E-state index is 11.1. The van der Waals surface area contributed by atoms with E-state index in [1.165, 1.54) is 0 Å². The molecule has 102 valence electrons. The largest absolute Gasteiger partial charge is 0.481 e. The summed E-state index contributed by atoms with van der Waals surface area (Å²) in [5, 5.41) is 9.13. The number of hydrogen-bond donors (Lipinski definition) is 1. The van der Waals surface area contributed by atoms with Gasteiger partial charge in [0.1, 0.15) is 0 Å². The molecule has 5 heteroatoms. The van der Waals surface area contributed by atoms with E-state index in [1.807, 2.05) is 13.0 Å². The molecule has 1 aromatic rings. The zero-order valence-corrected chi connectivity index (χ0v) is 12.2. The molecule has 3 rings (SSSR count). The van der Waals surface area contributed by atoms with Gasteiger partial charge in [0, 0.05) is 0 Å². The van der Waals surface area contributed by atoms with Crippen LogP contribution in [0.5, 0.6) is 11.5 Å². The van der Waals surface area contributed by atoms with Gasteiger partial charge in [-0.2, -0.15) is 0 Å². The normalized spacial score (nSPS) is 18.4. The molecule has 0 spiro atoms. The van der Waals surface area contributed by atoms with Crippen molar-refractivity contribution in [2.45, 2.75) is 32.1 Å². The van der Waals surface area contributed by atoms with Crippen molar-refractivity contribution in [2.75, 3.05) is 6.79 Å². The molecule has 1 saturated carbocycles. The summed E-state index contributed by atoms with van der Waals surface area (Å²) in [4.78, 5) is 11.1. The number of benzene rings is 1. The van der Waals surface area contributed by atoms with Crippen molar-refractivity contribution in [3.63, 3.8) is 0 Å². The number of hydrogen-bond acceptors (Lipinski definition) is 3. The predicted molar refractivity (Wildman–Crippen MR) is 72.7 cm³/mol. The number of carboxylic acids is 1. The monoisotopic (exact) mass is 326 g/mol. The highest BCUT2D eigenvalue weighted by molar-refractivity contribution is 9.10. The second kappa shape index (κ2) is 4.71. The van der Waals surface area contributed by atoms with Gasteiger partial charge in [-0.05, 0) is 64.7 Å². The Bertz CT molecular complexity index is 537. The molecule has 19 heavy (non-hydrogen) atoms. The lowest BCUT2D eigenvalue weighted by atomic mass is 9.87. The lowest BCUT2D eigenvalue weighted by Crippen LogP contribution is -2.10. The summed E-state index contributed by atoms with van der Waals surface area (Å²) in [5.74, 6) is 1.23. The van der Waals surface area contributed by atoms with Crippen LogP contribution in [0.25, 0.3) is 0 Å². The maximum atomic E-state index is 11.1. The number of rotatable bonds is 4. The van der Waals surface area contributed by atoms with E-state index in [0.29, 0.717) is 11.7 Å². The molecule has 1 aliphatic carbocycles. The zero-order valence-electron chi connectivity index (χ0n) is 10.6. The molecule has 1 heterocycles. The number of aliphatic carboxylic acids is 1. The molecular weight excluding hydrogens is 312 g/mol. The summed E-state index contributed by atoms with van der Waals surface area (Å²) >= 11 is 3.57. The third-order valence-corrected chi connectivity index (χ3v) is 4.59. The van der Waals surface area contributed by atoms with Crippen molar-refractivity contribution >= 4 is 21.9 Å². The highest BCUT2D eigenvalue weighted by Gasteiger charge is 2.37. The first kappa shape index (κ1) is 12.8. The second-order valence-electron chi connectivity index (χ2n) is 5.20. The molecule has 0 radical (unpaired) electrons. The van der Waals surface area contributed by atoms with Gasteiger partial charge in [0.15, 0.2) is 11.5 Å². The van der Waals surface area contributed by atoms with E-state index in [-0.39, 0.29) is 19.1 Å². The van der Waals surface area contributed by atoms with Crippen LogP contribution in [0.3, 0.4) is 0 Å². The topological polar surface area (TPSA) is 55.8 Å². The van der Waals surface area contributed by atoms with Gasteiger partial charge >= 0.3 is 5.97 Å². The first-order valence-electron chi connectivity index (χ1n) is 6.38. The van der Waals surface area contributed by atoms with Gasteiger partial charge < -0.3 is 14.6 Å². The van der Waals surface area contributed by atoms with Crippen molar-refractivity contribution < 1.29 is 19.4 Å². The van der Waals surface area contributed by atoms with Crippen LogP contribution in [0, 0.1) is 12.8 Å². The summed E-state index contributed by atoms with van der Waals surface area (Å²) in [6.45, 7) is 2.23. The second-order valence-corrected chi connectivity index (χ2v) is 5.99. The molecule has 1 aromatic carbocycles. The molecular formula is C14H15BrO4. The lowest BCUT2D eigenvalue weighted by Gasteiger charge is -2.20. The average molecular weight is 327 g/mol. The van der Waals surface area contributed by atoms with Gasteiger partial charge in [-0.15, -0.1) is 0 Å². The number of halogens is 1. The summed E-state index contributed by atoms with van der Waals surface area (Å²) < 4.78 is 11.7. The molecule has 0 saturated heterocycles. The highest BCUT2D eigenvalue weighted by atomic mass is 79.9. The molecule has 1 aliphatic heterocycles. The average Bonchev–Trinajstić information content (AvgIpc) is 3.07. The molecule has 0 amide bonds. The van der Waals surface area contributed by atoms with E-state index in [1.54, 1.807) is 0 Å². The lowest BCUT2D eigenvalue weighted by molar-refractivity contribution is -0.137. The van der Waals surface area contributed by atoms with Crippen LogP contribution in [0.1, 0.15) is 36.3 Å². The van der Waals surface area contributed by atoms with Gasteiger partial charge in [0.2, 0.25) is 6.79 Å². The number of aryl methyl sites for hydroxylation is 1. The fraction of sp³-hybridized carbons (Fsp3) is 0.500. The molecule has 1 fully saturated rings. The Morgan fingerprint density at radius 2 is 2.26 bits per heavy atom. The van der Waals surface area contributed by atoms with Crippen LogP contribution < -0.4 is 9.47 Å². The molecule has 1 unspecified atom stereocenters. The third kappa shape index (κ3) is 2.31. The van der Waals surface area contributed by atoms with E-state index in [2.05, 4.69) is 15.9 Å². The summed E-state index contributed by atoms with van der Waals surface area (Å²) in [5.41, 5.74) is 2.13. The van der Waals surface area contributed by atoms with Crippen LogP contribution in [-0.2, 0) is 4.79 Å². The first-order valence-corrected chi connectivity index (χ1v) is 7.17. The number of carbonyl (C=O) groups is 1. The minimum Gasteiger partial charge on any atom is -0.481 e. The number of carboxylic acid groups (broad SMARTS) is 1. The predicted octanol–water partition coefficient (Wildman–Crippen LogP) is 3.45. The maximum Gasteiger partial charge on any atom is 0.303 e. The molecule has 4 nitrogen and oxygen atoms in total. The van der Waals surface area contributed by atoms with Crippen LogP contribution in [-0.4, -0.2) is 17.9 Å². The number of ether oxygens (including phenoxy) is 2. The van der Waals surface area contributed by atoms with Crippen molar-refractivity contribution in [1.82, 2.24) is 0 Å². The highest BCUT2D eigenvalue weighted by Crippen LogP contribution is 2.51. The zero-order chi connectivity index (χ0) is 13.6. The Balaban J connectivity index is 2.05. The third-order valence-electron chi connectivity index (χ3n) is 3.81. The molecule has 0 bridgehead atoms. The quantitative estimate of drug-likeness (QED) is 0.920. The fourth-order valence-electron chi connectivity index (χ4n) is 2.78. The molecule has 2 aliphatic rings. The standard InChI is InChI=1S/C14H15BrO4/c1-7-4-10-14(19-6-18-10)13(15)12(7)9(5-11(16)17)8-2-3-8/h4,8-9H,2-3,5-6H2,1H3,(H,16,17). The smallest absolute Gasteiger partial charge is 0.303 e. The van der Waals surface area contributed by atoms with Crippen LogP contribution >= 0.6 is 15.9 Å². The van der Waals surface area contributed by atoms with Crippen molar-refractivity contribution in [2.24, 2.45) is 5.92 Å². The van der Waals surface area contributed by atoms with Crippen molar-refractivity contribution in [3.05, 3.63) is 21.7 Å². The summed E-state index contributed by atoms with van der Waals surface area (Å²) in [7, 11) is 0. The van der Waals surface area contributed by atoms with E-state index in [9.17, 15) is 4.79 Å². The summed E-state index contributed by atoms with van der Waals surface area (Å²) in [6.07, 6.45) is 2.39. The Morgan fingerprint density at radius 3 is 2.89 bits per heavy atom. The first-order chi connectivity index (χ1) is 9.08. The minimum atomic E-state index is -0.749. The number of fused-ring (bicyclic) bond motifs is 1. The van der Waals surface area contributed by atoms with Crippen molar-refractivity contribution in [3.8, 4) is 11.5 Å². The Morgan fingerprint density at radius 1 is 1.53 bits per heavy atom. The van der Waals surface area contributed by atoms with E-state index >= 15 is 0 Å². The van der Waals surface area contributed by atoms with Gasteiger partial charge in [-0.25, -0.2) is 0 Å². The Kier molecular flexibility index (Phi) is 3.17. The van der Waals surface area contributed by atoms with Gasteiger partial charge in [0.25, 0.3) is 0 Å².